The fourth-order valence-electron chi connectivity index (χ4n) is 5.62. The van der Waals surface area contributed by atoms with E-state index in [1.54, 1.807) is 18.3 Å². The quantitative estimate of drug-likeness (QED) is 0.170. The number of halogens is 3. The number of nitrogens with one attached hydrogen (secondary N) is 3. The van der Waals surface area contributed by atoms with Gasteiger partial charge in [0, 0.05) is 38.9 Å². The number of carbonyl (C=O) groups excluding carboxylic acids is 3. The lowest BCUT2D eigenvalue weighted by atomic mass is 9.84. The lowest BCUT2D eigenvalue weighted by Crippen LogP contribution is -2.48. The highest BCUT2D eigenvalue weighted by Gasteiger charge is 2.38. The molecule has 0 spiro atoms. The van der Waals surface area contributed by atoms with E-state index in [2.05, 4.69) is 16.0 Å². The molecule has 0 unspecified atom stereocenters. The molecule has 9 nitrogen and oxygen atoms in total. The number of hydrogen-bond acceptors (Lipinski definition) is 4. The Bertz CT molecular complexity index is 1740. The summed E-state index contributed by atoms with van der Waals surface area (Å²) in [5.41, 5.74) is 0.646. The van der Waals surface area contributed by atoms with Gasteiger partial charge in [-0.2, -0.15) is 0 Å². The van der Waals surface area contributed by atoms with Crippen molar-refractivity contribution >= 4 is 17.8 Å². The van der Waals surface area contributed by atoms with Crippen molar-refractivity contribution in [2.45, 2.75) is 45.8 Å². The molecule has 3 aromatic carbocycles. The summed E-state index contributed by atoms with van der Waals surface area (Å²) in [7, 11) is 2.92. The lowest BCUT2D eigenvalue weighted by molar-refractivity contribution is 0.0886. The first-order chi connectivity index (χ1) is 22.9. The Kier molecular flexibility index (Phi) is 11.6. The molecule has 4 aromatic rings. The topological polar surface area (TPSA) is 108 Å². The Balaban J connectivity index is 1.72. The van der Waals surface area contributed by atoms with E-state index >= 15 is 0 Å². The predicted molar refractivity (Wildman–Crippen MR) is 178 cm³/mol. The van der Waals surface area contributed by atoms with Crippen LogP contribution in [0.15, 0.2) is 79.0 Å². The highest BCUT2D eigenvalue weighted by atomic mass is 19.1. The smallest absolute Gasteiger partial charge is 0.317 e. The molecule has 12 heteroatoms. The van der Waals surface area contributed by atoms with Crippen molar-refractivity contribution in [1.29, 1.82) is 0 Å². The van der Waals surface area contributed by atoms with E-state index in [9.17, 15) is 27.6 Å². The first-order valence-electron chi connectivity index (χ1n) is 15.6. The van der Waals surface area contributed by atoms with Crippen molar-refractivity contribution in [1.82, 2.24) is 30.4 Å². The first kappa shape index (κ1) is 35.7. The molecular formula is C36H41F3N6O3. The summed E-state index contributed by atoms with van der Waals surface area (Å²) in [6, 6.07) is 16.6. The second-order valence-corrected chi connectivity index (χ2v) is 12.5. The minimum absolute atomic E-state index is 0.00454. The number of rotatable bonds is 12. The summed E-state index contributed by atoms with van der Waals surface area (Å²) in [5, 5.41) is 7.82. The number of aromatic nitrogens is 2. The molecule has 0 radical (unpaired) electrons. The van der Waals surface area contributed by atoms with Gasteiger partial charge in [0.15, 0.2) is 0 Å². The largest absolute Gasteiger partial charge is 0.355 e. The molecule has 254 valence electrons. The number of imidazole rings is 1. The van der Waals surface area contributed by atoms with Crippen LogP contribution in [0.2, 0.25) is 0 Å². The molecule has 48 heavy (non-hydrogen) atoms. The zero-order valence-corrected chi connectivity index (χ0v) is 27.7. The van der Waals surface area contributed by atoms with Crippen LogP contribution < -0.4 is 16.0 Å². The Hall–Kier alpha value is -5.13. The second-order valence-electron chi connectivity index (χ2n) is 12.5. The normalized spacial score (nSPS) is 12.6. The standard InChI is InChI=1S/C36H41F3N6O3/c1-36(2,3)31(32-43-30(28-19-24(38)15-16-29(28)39)22-44(32)21-23-11-7-6-8-12-23)45(35(48)41-5)18-17-25(20-37)42-34(47)27-14-10-9-13-26(27)33(46)40-4/h6-16,19,22,25,31H,17-18,20-21H2,1-5H3,(H,40,46)(H,41,48)(H,42,47)/t25-,31-/m0/s1. The van der Waals surface area contributed by atoms with Crippen molar-refractivity contribution in [3.63, 3.8) is 0 Å². The zero-order chi connectivity index (χ0) is 35.0. The van der Waals surface area contributed by atoms with Crippen LogP contribution in [0.5, 0.6) is 0 Å². The third kappa shape index (κ3) is 8.41. The molecular weight excluding hydrogens is 621 g/mol. The number of benzene rings is 3. The third-order valence-electron chi connectivity index (χ3n) is 7.94. The molecule has 0 aliphatic rings. The number of carbonyl (C=O) groups is 3. The zero-order valence-electron chi connectivity index (χ0n) is 27.7. The molecule has 4 amide bonds. The van der Waals surface area contributed by atoms with Crippen LogP contribution in [0.1, 0.15) is 65.3 Å². The van der Waals surface area contributed by atoms with Gasteiger partial charge < -0.3 is 25.4 Å². The fourth-order valence-corrected chi connectivity index (χ4v) is 5.62. The Morgan fingerprint density at radius 1 is 0.896 bits per heavy atom. The van der Waals surface area contributed by atoms with Gasteiger partial charge in [-0.15, -0.1) is 0 Å². The number of nitrogens with zero attached hydrogens (tertiary/aromatic N) is 3. The SMILES string of the molecule is CNC(=O)c1ccccc1C(=O)N[C@H](CF)CCN(C(=O)NC)[C@@H](c1nc(-c2cc(F)ccc2F)cn1Cc1ccccc1)C(C)(C)C. The van der Waals surface area contributed by atoms with Gasteiger partial charge >= 0.3 is 6.03 Å². The summed E-state index contributed by atoms with van der Waals surface area (Å²) < 4.78 is 45.5. The van der Waals surface area contributed by atoms with Gasteiger partial charge in [0.2, 0.25) is 0 Å². The van der Waals surface area contributed by atoms with Gasteiger partial charge in [-0.25, -0.2) is 22.9 Å². The molecule has 3 N–H and O–H groups in total. The van der Waals surface area contributed by atoms with E-state index < -0.39 is 53.7 Å². The van der Waals surface area contributed by atoms with Crippen LogP contribution in [0.3, 0.4) is 0 Å². The minimum Gasteiger partial charge on any atom is -0.355 e. The number of alkyl halides is 1. The van der Waals surface area contributed by atoms with Crippen molar-refractivity contribution < 1.29 is 27.6 Å². The van der Waals surface area contributed by atoms with Gasteiger partial charge in [-0.3, -0.25) is 9.59 Å². The van der Waals surface area contributed by atoms with Crippen LogP contribution in [-0.2, 0) is 6.54 Å². The van der Waals surface area contributed by atoms with E-state index in [4.69, 9.17) is 4.98 Å². The number of amides is 4. The Morgan fingerprint density at radius 2 is 1.54 bits per heavy atom. The Labute approximate surface area is 278 Å². The summed E-state index contributed by atoms with van der Waals surface area (Å²) in [6.07, 6.45) is 1.66. The molecule has 4 rings (SSSR count). The van der Waals surface area contributed by atoms with Crippen molar-refractivity contribution in [2.24, 2.45) is 5.41 Å². The molecule has 0 fully saturated rings. The average Bonchev–Trinajstić information content (AvgIpc) is 3.48. The van der Waals surface area contributed by atoms with Gasteiger partial charge in [0.1, 0.15) is 24.1 Å². The highest BCUT2D eigenvalue weighted by molar-refractivity contribution is 6.07. The van der Waals surface area contributed by atoms with Crippen molar-refractivity contribution in [2.75, 3.05) is 27.3 Å². The number of hydrogen-bond donors (Lipinski definition) is 3. The number of urea groups is 1. The highest BCUT2D eigenvalue weighted by Crippen LogP contribution is 2.39. The van der Waals surface area contributed by atoms with Crippen LogP contribution in [0, 0.1) is 17.0 Å². The molecule has 0 saturated heterocycles. The van der Waals surface area contributed by atoms with Crippen LogP contribution >= 0.6 is 0 Å². The van der Waals surface area contributed by atoms with Crippen molar-refractivity contribution in [3.8, 4) is 11.3 Å². The third-order valence-corrected chi connectivity index (χ3v) is 7.94. The molecule has 0 saturated carbocycles. The van der Waals surface area contributed by atoms with E-state index in [-0.39, 0.29) is 35.3 Å². The molecule has 0 aliphatic carbocycles. The Morgan fingerprint density at radius 3 is 2.15 bits per heavy atom. The molecule has 1 heterocycles. The van der Waals surface area contributed by atoms with E-state index in [1.165, 1.54) is 31.1 Å². The molecule has 1 aromatic heterocycles. The lowest BCUT2D eigenvalue weighted by Gasteiger charge is -2.40. The monoisotopic (exact) mass is 662 g/mol. The maximum absolute atomic E-state index is 15.0. The first-order valence-corrected chi connectivity index (χ1v) is 15.6. The average molecular weight is 663 g/mol. The maximum atomic E-state index is 15.0. The summed E-state index contributed by atoms with van der Waals surface area (Å²) >= 11 is 0. The second kappa shape index (κ2) is 15.6. The van der Waals surface area contributed by atoms with Crippen LogP contribution in [0.4, 0.5) is 18.0 Å². The molecule has 0 aliphatic heterocycles. The van der Waals surface area contributed by atoms with Gasteiger partial charge in [-0.05, 0) is 47.7 Å². The summed E-state index contributed by atoms with van der Waals surface area (Å²) in [4.78, 5) is 45.4. The van der Waals surface area contributed by atoms with Crippen molar-refractivity contribution in [3.05, 3.63) is 113 Å². The van der Waals surface area contributed by atoms with Gasteiger partial charge in [0.05, 0.1) is 28.9 Å². The molecule has 0 bridgehead atoms. The van der Waals surface area contributed by atoms with Gasteiger partial charge in [0.25, 0.3) is 11.8 Å². The van der Waals surface area contributed by atoms with E-state index in [0.717, 1.165) is 23.8 Å². The van der Waals surface area contributed by atoms with E-state index in [0.29, 0.717) is 12.4 Å². The van der Waals surface area contributed by atoms with Gasteiger partial charge in [-0.1, -0.05) is 63.2 Å². The fraction of sp³-hybridized carbons (Fsp3) is 0.333. The molecule has 2 atom stereocenters. The minimum atomic E-state index is -0.996. The van der Waals surface area contributed by atoms with Crippen LogP contribution in [0.25, 0.3) is 11.3 Å². The van der Waals surface area contributed by atoms with Crippen LogP contribution in [-0.4, -0.2) is 65.7 Å². The van der Waals surface area contributed by atoms with E-state index in [1.807, 2.05) is 55.7 Å². The predicted octanol–water partition coefficient (Wildman–Crippen LogP) is 6.12. The summed E-state index contributed by atoms with van der Waals surface area (Å²) in [5.74, 6) is -1.95. The maximum Gasteiger partial charge on any atom is 0.317 e. The summed E-state index contributed by atoms with van der Waals surface area (Å²) in [6.45, 7) is 5.14.